The van der Waals surface area contributed by atoms with E-state index in [2.05, 4.69) is 6.92 Å². The van der Waals surface area contributed by atoms with Crippen LogP contribution in [0.2, 0.25) is 5.02 Å². The summed E-state index contributed by atoms with van der Waals surface area (Å²) in [6.07, 6.45) is 0.991. The van der Waals surface area contributed by atoms with Crippen molar-refractivity contribution >= 4 is 29.0 Å². The molecule has 2 aromatic rings. The van der Waals surface area contributed by atoms with Crippen molar-refractivity contribution in [3.63, 3.8) is 0 Å². The maximum Gasteiger partial charge on any atom is 0.335 e. The Balaban J connectivity index is 1.89. The molecule has 1 N–H and O–H groups in total. The van der Waals surface area contributed by atoms with Gasteiger partial charge in [-0.25, -0.2) is 4.79 Å². The van der Waals surface area contributed by atoms with E-state index < -0.39 is 5.97 Å². The maximum atomic E-state index is 10.9. The van der Waals surface area contributed by atoms with E-state index in [1.165, 1.54) is 0 Å². The number of nitrogens with zero attached hydrogens (tertiary/aromatic N) is 2. The minimum absolute atomic E-state index is 0.280. The second kappa shape index (κ2) is 6.42. The first kappa shape index (κ1) is 15.6. The zero-order valence-electron chi connectivity index (χ0n) is 12.7. The summed E-state index contributed by atoms with van der Waals surface area (Å²) in [6.45, 7) is 2.94. The van der Waals surface area contributed by atoms with E-state index in [0.717, 1.165) is 29.9 Å². The molecule has 1 heterocycles. The van der Waals surface area contributed by atoms with Crippen molar-refractivity contribution in [1.29, 1.82) is 0 Å². The second-order valence-electron chi connectivity index (χ2n) is 5.53. The Kier molecular flexibility index (Phi) is 4.35. The molecule has 0 saturated carbocycles. The summed E-state index contributed by atoms with van der Waals surface area (Å²) in [5.74, 6) is -0.579. The zero-order valence-corrected chi connectivity index (χ0v) is 13.5. The van der Waals surface area contributed by atoms with Crippen molar-refractivity contribution in [1.82, 2.24) is 0 Å². The van der Waals surface area contributed by atoms with Crippen LogP contribution in [0.4, 0.5) is 5.69 Å². The molecule has 1 unspecified atom stereocenters. The van der Waals surface area contributed by atoms with E-state index in [4.69, 9.17) is 21.8 Å². The topological polar surface area (TPSA) is 52.9 Å². The van der Waals surface area contributed by atoms with E-state index in [0.29, 0.717) is 10.9 Å². The molecule has 23 heavy (non-hydrogen) atoms. The summed E-state index contributed by atoms with van der Waals surface area (Å²) >= 11 is 5.96. The average Bonchev–Trinajstić information content (AvgIpc) is 3.00. The van der Waals surface area contributed by atoms with Gasteiger partial charge >= 0.3 is 5.97 Å². The predicted molar refractivity (Wildman–Crippen MR) is 92.5 cm³/mol. The van der Waals surface area contributed by atoms with Crippen LogP contribution in [0.5, 0.6) is 0 Å². The summed E-state index contributed by atoms with van der Waals surface area (Å²) in [7, 11) is 0. The van der Waals surface area contributed by atoms with E-state index >= 15 is 0 Å². The molecule has 0 bridgehead atoms. The number of carboxylic acid groups (broad SMARTS) is 1. The lowest BCUT2D eigenvalue weighted by Crippen LogP contribution is -2.19. The van der Waals surface area contributed by atoms with Gasteiger partial charge in [0.1, 0.15) is 0 Å². The van der Waals surface area contributed by atoms with Crippen LogP contribution < -0.4 is 5.01 Å². The van der Waals surface area contributed by atoms with Crippen molar-refractivity contribution < 1.29 is 9.90 Å². The number of hydrazone groups is 1. The normalized spacial score (nSPS) is 17.2. The first-order chi connectivity index (χ1) is 11.1. The highest BCUT2D eigenvalue weighted by Crippen LogP contribution is 2.27. The highest BCUT2D eigenvalue weighted by molar-refractivity contribution is 6.30. The first-order valence-electron chi connectivity index (χ1n) is 7.54. The molecule has 0 saturated heterocycles. The highest BCUT2D eigenvalue weighted by Gasteiger charge is 2.27. The van der Waals surface area contributed by atoms with E-state index in [-0.39, 0.29) is 5.56 Å². The lowest BCUT2D eigenvalue weighted by atomic mass is 9.95. The number of carbonyl (C=O) groups is 1. The van der Waals surface area contributed by atoms with Crippen LogP contribution in [0, 0.1) is 5.92 Å². The van der Waals surface area contributed by atoms with Crippen molar-refractivity contribution in [3.05, 3.63) is 64.7 Å². The Morgan fingerprint density at radius 1 is 1.22 bits per heavy atom. The molecule has 4 nitrogen and oxygen atoms in total. The summed E-state index contributed by atoms with van der Waals surface area (Å²) in [5, 5.41) is 16.4. The fourth-order valence-corrected chi connectivity index (χ4v) is 2.85. The molecule has 0 spiro atoms. The van der Waals surface area contributed by atoms with Gasteiger partial charge in [0, 0.05) is 10.9 Å². The quantitative estimate of drug-likeness (QED) is 0.911. The van der Waals surface area contributed by atoms with Gasteiger partial charge in [0.25, 0.3) is 0 Å². The number of halogens is 1. The molecule has 118 valence electrons. The second-order valence-corrected chi connectivity index (χ2v) is 5.97. The molecule has 2 aromatic carbocycles. The lowest BCUT2D eigenvalue weighted by Gasteiger charge is -2.15. The average molecular weight is 329 g/mol. The van der Waals surface area contributed by atoms with Crippen LogP contribution in [0.1, 0.15) is 29.3 Å². The number of anilines is 1. The molecule has 0 radical (unpaired) electrons. The molecular formula is C18H17ClN2O2. The number of aromatic carboxylic acids is 1. The van der Waals surface area contributed by atoms with Gasteiger partial charge in [0.05, 0.1) is 23.5 Å². The summed E-state index contributed by atoms with van der Waals surface area (Å²) in [4.78, 5) is 10.9. The Hall–Kier alpha value is -2.33. The molecule has 0 amide bonds. The van der Waals surface area contributed by atoms with Crippen molar-refractivity contribution in [2.24, 2.45) is 11.0 Å². The van der Waals surface area contributed by atoms with E-state index in [1.807, 2.05) is 29.3 Å². The van der Waals surface area contributed by atoms with Crippen LogP contribution in [-0.2, 0) is 0 Å². The van der Waals surface area contributed by atoms with Gasteiger partial charge in [-0.15, -0.1) is 0 Å². The number of hydrogen-bond donors (Lipinski definition) is 1. The molecule has 5 heteroatoms. The number of rotatable bonds is 4. The molecule has 0 aliphatic carbocycles. The third kappa shape index (κ3) is 3.22. The standard InChI is InChI=1S/C18H17ClN2O2/c1-2-12-11-21(16-9-5-14(6-10-16)18(22)23)20-17(12)13-3-7-15(19)8-4-13/h3-10,12H,2,11H2,1H3,(H,22,23). The summed E-state index contributed by atoms with van der Waals surface area (Å²) < 4.78 is 0. The molecule has 1 aliphatic heterocycles. The Bertz CT molecular complexity index is 739. The number of hydrogen-bond acceptors (Lipinski definition) is 3. The number of carboxylic acids is 1. The predicted octanol–water partition coefficient (Wildman–Crippen LogP) is 4.29. The van der Waals surface area contributed by atoms with Gasteiger partial charge in [-0.1, -0.05) is 30.7 Å². The molecule has 0 fully saturated rings. The monoisotopic (exact) mass is 328 g/mol. The Labute approximate surface area is 140 Å². The van der Waals surface area contributed by atoms with Crippen LogP contribution in [-0.4, -0.2) is 23.3 Å². The summed E-state index contributed by atoms with van der Waals surface area (Å²) in [5.41, 5.74) is 3.30. The third-order valence-corrected chi connectivity index (χ3v) is 4.31. The van der Waals surface area contributed by atoms with Crippen molar-refractivity contribution in [2.75, 3.05) is 11.6 Å². The first-order valence-corrected chi connectivity index (χ1v) is 7.91. The summed E-state index contributed by atoms with van der Waals surface area (Å²) in [6, 6.07) is 14.5. The molecular weight excluding hydrogens is 312 g/mol. The van der Waals surface area contributed by atoms with E-state index in [9.17, 15) is 4.79 Å². The fourth-order valence-electron chi connectivity index (χ4n) is 2.72. The van der Waals surface area contributed by atoms with Crippen molar-refractivity contribution in [3.8, 4) is 0 Å². The Morgan fingerprint density at radius 3 is 2.43 bits per heavy atom. The maximum absolute atomic E-state index is 10.9. The van der Waals surface area contributed by atoms with Gasteiger partial charge in [0.2, 0.25) is 0 Å². The molecule has 1 aliphatic rings. The van der Waals surface area contributed by atoms with Gasteiger partial charge in [-0.2, -0.15) is 5.10 Å². The fraction of sp³-hybridized carbons (Fsp3) is 0.222. The molecule has 0 aromatic heterocycles. The van der Waals surface area contributed by atoms with Crippen LogP contribution >= 0.6 is 11.6 Å². The minimum atomic E-state index is -0.922. The smallest absolute Gasteiger partial charge is 0.335 e. The molecule has 3 rings (SSSR count). The van der Waals surface area contributed by atoms with E-state index in [1.54, 1.807) is 24.3 Å². The van der Waals surface area contributed by atoms with Crippen LogP contribution in [0.3, 0.4) is 0 Å². The van der Waals surface area contributed by atoms with Crippen LogP contribution in [0.25, 0.3) is 0 Å². The van der Waals surface area contributed by atoms with Gasteiger partial charge in [-0.3, -0.25) is 5.01 Å². The zero-order chi connectivity index (χ0) is 16.4. The minimum Gasteiger partial charge on any atom is -0.478 e. The van der Waals surface area contributed by atoms with Gasteiger partial charge < -0.3 is 5.11 Å². The van der Waals surface area contributed by atoms with Gasteiger partial charge in [0.15, 0.2) is 0 Å². The SMILES string of the molecule is CCC1CN(c2ccc(C(=O)O)cc2)N=C1c1ccc(Cl)cc1. The Morgan fingerprint density at radius 2 is 1.87 bits per heavy atom. The third-order valence-electron chi connectivity index (χ3n) is 4.05. The molecule has 1 atom stereocenters. The highest BCUT2D eigenvalue weighted by atomic mass is 35.5. The number of benzene rings is 2. The largest absolute Gasteiger partial charge is 0.478 e. The van der Waals surface area contributed by atoms with Gasteiger partial charge in [-0.05, 0) is 48.4 Å². The lowest BCUT2D eigenvalue weighted by molar-refractivity contribution is 0.0697. The van der Waals surface area contributed by atoms with Crippen LogP contribution in [0.15, 0.2) is 53.6 Å². The van der Waals surface area contributed by atoms with Crippen molar-refractivity contribution in [2.45, 2.75) is 13.3 Å².